The van der Waals surface area contributed by atoms with Crippen molar-refractivity contribution in [3.8, 4) is 0 Å². The molecule has 0 aliphatic heterocycles. The minimum atomic E-state index is -1.62. The van der Waals surface area contributed by atoms with Crippen LogP contribution in [0.5, 0.6) is 0 Å². The SMILES string of the molecule is [AlH3].[Cl][Cr]([Cl])[Cl].[Ti].[Zr]. The summed E-state index contributed by atoms with van der Waals surface area (Å²) in [6, 6.07) is 0. The first kappa shape index (κ1) is 22.4. The van der Waals surface area contributed by atoms with Gasteiger partial charge in [-0.1, -0.05) is 0 Å². The third kappa shape index (κ3) is 43.3. The molecule has 0 aliphatic rings. The molecule has 0 aliphatic carbocycles. The van der Waals surface area contributed by atoms with Crippen LogP contribution < -0.4 is 0 Å². The van der Waals surface area contributed by atoms with E-state index in [0.717, 1.165) is 0 Å². The summed E-state index contributed by atoms with van der Waals surface area (Å²) in [5.41, 5.74) is 0. The molecule has 0 bridgehead atoms. The standard InChI is InChI=1S/Al.3ClH.Cr.Ti.Zr.3H/h;3*1H;;;;;;/q;;;;+3;;;;;/p-3. The molecule has 0 rings (SSSR count). The van der Waals surface area contributed by atoms with Crippen LogP contribution in [-0.2, 0) is 59.3 Å². The van der Waals surface area contributed by atoms with Crippen LogP contribution in [0.4, 0.5) is 0 Å². The molecule has 0 saturated carbocycles. The van der Waals surface area contributed by atoms with Gasteiger partial charge in [0, 0.05) is 47.9 Å². The van der Waals surface area contributed by atoms with Gasteiger partial charge in [0.25, 0.3) is 0 Å². The Morgan fingerprint density at radius 2 is 1.00 bits per heavy atom. The molecule has 7 heteroatoms. The molecular formula is H3AlCl3CrTiZr. The second-order valence-corrected chi connectivity index (χ2v) is 6.49. The number of hydrogen-bond donors (Lipinski definition) is 0. The van der Waals surface area contributed by atoms with Crippen LogP contribution in [0.2, 0.25) is 0 Å². The zero-order valence-electron chi connectivity index (χ0n) is 2.54. The molecule has 41 valence electrons. The summed E-state index contributed by atoms with van der Waals surface area (Å²) >= 11 is -1.62. The van der Waals surface area contributed by atoms with E-state index < -0.39 is 11.4 Å². The Kier molecular flexibility index (Phi) is 52.1. The predicted octanol–water partition coefficient (Wildman–Crippen LogP) is 0.877. The summed E-state index contributed by atoms with van der Waals surface area (Å²) in [4.78, 5) is 0. The first-order valence-electron chi connectivity index (χ1n) is 0.463. The molecule has 0 heterocycles. The normalized spacial score (nSPS) is 5.14. The topological polar surface area (TPSA) is 0 Å². The molecule has 0 nitrogen and oxygen atoms in total. The van der Waals surface area contributed by atoms with Crippen molar-refractivity contribution < 1.29 is 59.3 Å². The van der Waals surface area contributed by atoms with Gasteiger partial charge in [0.2, 0.25) is 0 Å². The largest absolute Gasteiger partial charge is 0 e. The molecule has 0 spiro atoms. The van der Waals surface area contributed by atoms with Gasteiger partial charge in [0.05, 0.1) is 0 Å². The maximum absolute atomic E-state index is 4.93. The summed E-state index contributed by atoms with van der Waals surface area (Å²) in [5.74, 6) is 0. The Labute approximate surface area is 105 Å². The number of rotatable bonds is 0. The van der Waals surface area contributed by atoms with Gasteiger partial charge in [0.1, 0.15) is 0 Å². The van der Waals surface area contributed by atoms with Crippen molar-refractivity contribution in [2.45, 2.75) is 0 Å². The monoisotopic (exact) mass is 325 g/mol. The Bertz CT molecular complexity index is 19.7. The van der Waals surface area contributed by atoms with Gasteiger partial charge in [-0.05, 0) is 0 Å². The molecule has 0 fully saturated rings. The first-order chi connectivity index (χ1) is 1.73. The molecule has 0 amide bonds. The molecular weight excluding hydrogens is 324 g/mol. The van der Waals surface area contributed by atoms with Crippen LogP contribution in [0, 0.1) is 0 Å². The quantitative estimate of drug-likeness (QED) is 0.580. The first-order valence-corrected chi connectivity index (χ1v) is 5.73. The molecule has 0 aromatic heterocycles. The van der Waals surface area contributed by atoms with Crippen LogP contribution in [0.15, 0.2) is 0 Å². The second kappa shape index (κ2) is 16.3. The third-order valence-corrected chi connectivity index (χ3v) is 0. The molecule has 7 heavy (non-hydrogen) atoms. The Balaban J connectivity index is -0.0000000150. The fourth-order valence-corrected chi connectivity index (χ4v) is 0. The van der Waals surface area contributed by atoms with Crippen LogP contribution in [0.3, 0.4) is 0 Å². The molecule has 0 atom stereocenters. The number of hydrogen-bond acceptors (Lipinski definition) is 0. The van der Waals surface area contributed by atoms with Crippen molar-refractivity contribution >= 4 is 47.5 Å². The van der Waals surface area contributed by atoms with Gasteiger partial charge in [0.15, 0.2) is 17.4 Å². The zero-order valence-corrected chi connectivity index (χ0v) is 10.1. The van der Waals surface area contributed by atoms with E-state index >= 15 is 0 Å². The predicted molar refractivity (Wildman–Crippen MR) is 27.5 cm³/mol. The smallest absolute Gasteiger partial charge is 0 e. The Morgan fingerprint density at radius 3 is 1.00 bits per heavy atom. The molecule has 0 unspecified atom stereocenters. The van der Waals surface area contributed by atoms with Crippen molar-refractivity contribution in [3.63, 3.8) is 0 Å². The van der Waals surface area contributed by atoms with Gasteiger partial charge in [-0.25, -0.2) is 0 Å². The van der Waals surface area contributed by atoms with E-state index in [2.05, 4.69) is 0 Å². The Hall–Kier alpha value is 3.53. The van der Waals surface area contributed by atoms with E-state index in [1.807, 2.05) is 0 Å². The fourth-order valence-electron chi connectivity index (χ4n) is 0. The second-order valence-electron chi connectivity index (χ2n) is 0.175. The van der Waals surface area contributed by atoms with Gasteiger partial charge in [-0.2, -0.15) is 0 Å². The zero-order chi connectivity index (χ0) is 3.58. The average molecular weight is 327 g/mol. The van der Waals surface area contributed by atoms with E-state index in [9.17, 15) is 0 Å². The minimum absolute atomic E-state index is 0. The van der Waals surface area contributed by atoms with E-state index in [0.29, 0.717) is 0 Å². The van der Waals surface area contributed by atoms with E-state index in [-0.39, 0.29) is 65.3 Å². The maximum Gasteiger partial charge on any atom is 0 e. The Morgan fingerprint density at radius 1 is 1.00 bits per heavy atom. The van der Waals surface area contributed by atoms with Crippen molar-refractivity contribution in [3.05, 3.63) is 0 Å². The van der Waals surface area contributed by atoms with Gasteiger partial charge in [-0.3, -0.25) is 0 Å². The van der Waals surface area contributed by atoms with Crippen molar-refractivity contribution in [1.82, 2.24) is 0 Å². The van der Waals surface area contributed by atoms with E-state index in [1.165, 1.54) is 0 Å². The summed E-state index contributed by atoms with van der Waals surface area (Å²) in [5, 5.41) is 0. The van der Waals surface area contributed by atoms with Crippen LogP contribution in [-0.4, -0.2) is 17.4 Å². The minimum Gasteiger partial charge on any atom is 0 e. The van der Waals surface area contributed by atoms with Crippen LogP contribution >= 0.6 is 30.1 Å². The molecule has 0 aromatic rings. The van der Waals surface area contributed by atoms with Gasteiger partial charge >= 0.3 is 41.5 Å². The van der Waals surface area contributed by atoms with Crippen LogP contribution in [0.25, 0.3) is 0 Å². The molecule has 0 radical (unpaired) electrons. The maximum atomic E-state index is 4.93. The van der Waals surface area contributed by atoms with Crippen LogP contribution in [0.1, 0.15) is 0 Å². The third-order valence-electron chi connectivity index (χ3n) is 0. The fraction of sp³-hybridized carbons (Fsp3) is 0. The van der Waals surface area contributed by atoms with Gasteiger partial charge in [-0.15, -0.1) is 0 Å². The molecule has 0 saturated heterocycles. The van der Waals surface area contributed by atoms with Crippen molar-refractivity contribution in [2.24, 2.45) is 0 Å². The van der Waals surface area contributed by atoms with Gasteiger partial charge < -0.3 is 0 Å². The van der Waals surface area contributed by atoms with E-state index in [4.69, 9.17) is 30.1 Å². The summed E-state index contributed by atoms with van der Waals surface area (Å²) in [6.07, 6.45) is 0. The molecule has 0 N–H and O–H groups in total. The van der Waals surface area contributed by atoms with Crippen molar-refractivity contribution in [1.29, 1.82) is 0 Å². The summed E-state index contributed by atoms with van der Waals surface area (Å²) in [7, 11) is 14.8. The summed E-state index contributed by atoms with van der Waals surface area (Å²) in [6.45, 7) is 0. The van der Waals surface area contributed by atoms with Crippen molar-refractivity contribution in [2.75, 3.05) is 0 Å². The van der Waals surface area contributed by atoms with E-state index in [1.54, 1.807) is 0 Å². The molecule has 0 aromatic carbocycles. The summed E-state index contributed by atoms with van der Waals surface area (Å²) < 4.78 is 0. The average Bonchev–Trinajstić information content (AvgIpc) is 0.811. The number of halogens is 3.